The van der Waals surface area contributed by atoms with Crippen LogP contribution in [0, 0.1) is 17.2 Å². The van der Waals surface area contributed by atoms with Crippen LogP contribution in [0.25, 0.3) is 0 Å². The summed E-state index contributed by atoms with van der Waals surface area (Å²) in [7, 11) is 1.27. The molecule has 0 saturated carbocycles. The summed E-state index contributed by atoms with van der Waals surface area (Å²) in [6, 6.07) is -1.04. The highest BCUT2D eigenvalue weighted by Gasteiger charge is 2.72. The number of likely N-dealkylation sites (N-methyl/N-ethyl adjacent to an activating group) is 1. The van der Waals surface area contributed by atoms with Crippen molar-refractivity contribution >= 4 is 11.9 Å². The van der Waals surface area contributed by atoms with E-state index in [-0.39, 0.29) is 10.7 Å². The van der Waals surface area contributed by atoms with E-state index in [1.807, 2.05) is 0 Å². The van der Waals surface area contributed by atoms with E-state index in [1.54, 1.807) is 6.08 Å². The summed E-state index contributed by atoms with van der Waals surface area (Å²) < 4.78 is 0. The zero-order chi connectivity index (χ0) is 22.6. The van der Waals surface area contributed by atoms with Gasteiger partial charge < -0.3 is 46.2 Å². The van der Waals surface area contributed by atoms with Crippen molar-refractivity contribution < 1.29 is 40.2 Å². The van der Waals surface area contributed by atoms with E-state index in [2.05, 4.69) is 16.0 Å². The SMILES string of the molecule is CC1C(N(C)C2=C3C=CNC3NC(=O)N2)C(O)(O)N(C(=O)CC#N)C(O)(O)C1(O)O. The first-order chi connectivity index (χ1) is 13.8. The predicted molar refractivity (Wildman–Crippen MR) is 94.1 cm³/mol. The number of carbonyl (C=O) groups excluding carboxylic acids is 2. The first-order valence-electron chi connectivity index (χ1n) is 8.80. The molecular formula is C16H22N6O8. The third-order valence-corrected chi connectivity index (χ3v) is 5.51. The number of amides is 3. The minimum absolute atomic E-state index is 0.0289. The molecule has 164 valence electrons. The van der Waals surface area contributed by atoms with E-state index in [0.29, 0.717) is 5.57 Å². The maximum absolute atomic E-state index is 12.3. The number of rotatable bonds is 3. The number of nitriles is 1. The minimum atomic E-state index is -3.85. The summed E-state index contributed by atoms with van der Waals surface area (Å²) in [6.45, 7) is 1.07. The van der Waals surface area contributed by atoms with E-state index in [1.165, 1.54) is 19.3 Å². The molecule has 3 rings (SSSR count). The Labute approximate surface area is 169 Å². The minimum Gasteiger partial charge on any atom is -0.367 e. The fourth-order valence-electron chi connectivity index (χ4n) is 4.02. The zero-order valence-corrected chi connectivity index (χ0v) is 15.9. The summed E-state index contributed by atoms with van der Waals surface area (Å²) in [5.41, 5.74) is 0.446. The molecule has 0 aromatic heterocycles. The Morgan fingerprint density at radius 2 is 1.93 bits per heavy atom. The number of hydrogen-bond donors (Lipinski definition) is 9. The van der Waals surface area contributed by atoms with Gasteiger partial charge in [-0.25, -0.2) is 9.69 Å². The highest BCUT2D eigenvalue weighted by atomic mass is 16.6. The van der Waals surface area contributed by atoms with Crippen molar-refractivity contribution in [2.45, 2.75) is 43.2 Å². The van der Waals surface area contributed by atoms with Gasteiger partial charge in [-0.2, -0.15) is 5.26 Å². The van der Waals surface area contributed by atoms with Crippen LogP contribution in [0.4, 0.5) is 4.79 Å². The highest BCUT2D eigenvalue weighted by Crippen LogP contribution is 2.45. The number of hydrogen-bond acceptors (Lipinski definition) is 11. The van der Waals surface area contributed by atoms with Gasteiger partial charge in [0.15, 0.2) is 0 Å². The van der Waals surface area contributed by atoms with Crippen LogP contribution in [0.15, 0.2) is 23.7 Å². The molecule has 0 aliphatic carbocycles. The number of piperidine rings is 1. The molecule has 1 fully saturated rings. The Morgan fingerprint density at radius 1 is 1.30 bits per heavy atom. The third-order valence-electron chi connectivity index (χ3n) is 5.51. The number of urea groups is 1. The number of carbonyl (C=O) groups is 2. The fourth-order valence-corrected chi connectivity index (χ4v) is 4.02. The molecule has 3 aliphatic rings. The van der Waals surface area contributed by atoms with Crippen molar-refractivity contribution in [1.29, 1.82) is 5.26 Å². The van der Waals surface area contributed by atoms with Crippen molar-refractivity contribution in [3.05, 3.63) is 23.7 Å². The molecule has 3 unspecified atom stereocenters. The number of aliphatic hydroxyl groups is 6. The van der Waals surface area contributed by atoms with Gasteiger partial charge in [-0.15, -0.1) is 0 Å². The van der Waals surface area contributed by atoms with Crippen LogP contribution >= 0.6 is 0 Å². The molecule has 0 radical (unpaired) electrons. The van der Waals surface area contributed by atoms with Gasteiger partial charge in [-0.05, 0) is 12.3 Å². The lowest BCUT2D eigenvalue weighted by Gasteiger charge is -2.59. The molecule has 0 bridgehead atoms. The van der Waals surface area contributed by atoms with Gasteiger partial charge in [0.2, 0.25) is 11.7 Å². The zero-order valence-electron chi connectivity index (χ0n) is 15.9. The molecule has 14 heteroatoms. The lowest BCUT2D eigenvalue weighted by atomic mass is 9.80. The van der Waals surface area contributed by atoms with Crippen molar-refractivity contribution in [3.63, 3.8) is 0 Å². The smallest absolute Gasteiger partial charge is 0.322 e. The monoisotopic (exact) mass is 426 g/mol. The Kier molecular flexibility index (Phi) is 4.94. The second-order valence-corrected chi connectivity index (χ2v) is 7.29. The summed E-state index contributed by atoms with van der Waals surface area (Å²) in [5.74, 6) is -13.9. The van der Waals surface area contributed by atoms with E-state index < -0.39 is 54.1 Å². The molecule has 0 aromatic carbocycles. The Balaban J connectivity index is 2.13. The van der Waals surface area contributed by atoms with E-state index >= 15 is 0 Å². The standard InChI is InChI=1S/C16H22N6O8/c1-7-10(21(2)12-8-4-6-18-11(8)19-13(24)20-12)15(27,28)22(9(23)3-5-17)16(29,30)14(7,25)26/h4,6-7,10-11,18,25-30H,3H2,1-2H3,(H2,19,20,24). The van der Waals surface area contributed by atoms with Crippen molar-refractivity contribution in [1.82, 2.24) is 25.8 Å². The summed E-state index contributed by atoms with van der Waals surface area (Å²) in [4.78, 5) is 25.0. The van der Waals surface area contributed by atoms with Crippen LogP contribution in [0.1, 0.15) is 13.3 Å². The largest absolute Gasteiger partial charge is 0.367 e. The Hall–Kier alpha value is -2.93. The van der Waals surface area contributed by atoms with Gasteiger partial charge in [0.1, 0.15) is 24.4 Å². The van der Waals surface area contributed by atoms with Gasteiger partial charge in [0, 0.05) is 18.5 Å². The molecule has 14 nitrogen and oxygen atoms in total. The first kappa shape index (κ1) is 21.8. The molecular weight excluding hydrogens is 404 g/mol. The van der Waals surface area contributed by atoms with E-state index in [4.69, 9.17) is 5.26 Å². The van der Waals surface area contributed by atoms with E-state index in [9.17, 15) is 40.2 Å². The van der Waals surface area contributed by atoms with Crippen LogP contribution < -0.4 is 16.0 Å². The predicted octanol–water partition coefficient (Wildman–Crippen LogP) is -4.40. The van der Waals surface area contributed by atoms with Gasteiger partial charge in [-0.1, -0.05) is 6.92 Å². The van der Waals surface area contributed by atoms with Crippen molar-refractivity contribution in [2.24, 2.45) is 5.92 Å². The lowest BCUT2D eigenvalue weighted by Crippen LogP contribution is -2.84. The molecule has 0 spiro atoms. The fraction of sp³-hybridized carbons (Fsp3) is 0.562. The van der Waals surface area contributed by atoms with Gasteiger partial charge >= 0.3 is 11.9 Å². The van der Waals surface area contributed by atoms with Crippen LogP contribution in [0.2, 0.25) is 0 Å². The highest BCUT2D eigenvalue weighted by molar-refractivity contribution is 5.80. The maximum Gasteiger partial charge on any atom is 0.322 e. The molecule has 3 amide bonds. The third kappa shape index (κ3) is 2.88. The van der Waals surface area contributed by atoms with Crippen molar-refractivity contribution in [3.8, 4) is 6.07 Å². The average molecular weight is 426 g/mol. The molecule has 0 aromatic rings. The van der Waals surface area contributed by atoms with Crippen LogP contribution in [-0.2, 0) is 4.79 Å². The van der Waals surface area contributed by atoms with Crippen LogP contribution in [0.5, 0.6) is 0 Å². The van der Waals surface area contributed by atoms with Gasteiger partial charge in [0.25, 0.3) is 5.91 Å². The normalized spacial score (nSPS) is 30.6. The second-order valence-electron chi connectivity index (χ2n) is 7.29. The second kappa shape index (κ2) is 6.80. The molecule has 30 heavy (non-hydrogen) atoms. The Bertz CT molecular complexity index is 875. The quantitative estimate of drug-likeness (QED) is 0.196. The molecule has 9 N–H and O–H groups in total. The topological polar surface area (TPSA) is 222 Å². The van der Waals surface area contributed by atoms with Crippen molar-refractivity contribution in [2.75, 3.05) is 7.05 Å². The first-order valence-corrected chi connectivity index (χ1v) is 8.80. The number of likely N-dealkylation sites (tertiary alicyclic amines) is 1. The van der Waals surface area contributed by atoms with Crippen LogP contribution in [0.3, 0.4) is 0 Å². The van der Waals surface area contributed by atoms with E-state index in [0.717, 1.165) is 11.8 Å². The number of fused-ring (bicyclic) bond motifs is 1. The summed E-state index contributed by atoms with van der Waals surface area (Å²) in [6.07, 6.45) is 1.42. The average Bonchev–Trinajstić information content (AvgIpc) is 3.07. The molecule has 3 aliphatic heterocycles. The van der Waals surface area contributed by atoms with Gasteiger partial charge in [0.05, 0.1) is 6.07 Å². The molecule has 1 saturated heterocycles. The maximum atomic E-state index is 12.3. The van der Waals surface area contributed by atoms with Crippen LogP contribution in [-0.4, -0.2) is 89.2 Å². The lowest BCUT2D eigenvalue weighted by molar-refractivity contribution is -0.501. The summed E-state index contributed by atoms with van der Waals surface area (Å²) >= 11 is 0. The van der Waals surface area contributed by atoms with Gasteiger partial charge in [-0.3, -0.25) is 10.1 Å². The number of nitrogens with zero attached hydrogens (tertiary/aromatic N) is 3. The molecule has 3 heterocycles. The molecule has 3 atom stereocenters. The number of nitrogens with one attached hydrogen (secondary N) is 3. The Morgan fingerprint density at radius 3 is 2.53 bits per heavy atom. The summed E-state index contributed by atoms with van der Waals surface area (Å²) in [5, 5.41) is 79.7.